The van der Waals surface area contributed by atoms with Crippen molar-refractivity contribution in [2.45, 2.75) is 13.3 Å². The van der Waals surface area contributed by atoms with Gasteiger partial charge in [-0.1, -0.05) is 12.1 Å². The lowest BCUT2D eigenvalue weighted by Gasteiger charge is -2.14. The Kier molecular flexibility index (Phi) is 6.54. The van der Waals surface area contributed by atoms with Crippen molar-refractivity contribution in [1.82, 2.24) is 9.97 Å². The Morgan fingerprint density at radius 2 is 1.94 bits per heavy atom. The van der Waals surface area contributed by atoms with Gasteiger partial charge in [0.15, 0.2) is 5.82 Å². The summed E-state index contributed by atoms with van der Waals surface area (Å²) in [4.78, 5) is 12.9. The van der Waals surface area contributed by atoms with Crippen molar-refractivity contribution >= 4 is 34.7 Å². The maximum atomic E-state index is 12.6. The lowest BCUT2D eigenvalue weighted by atomic mass is 10.1. The van der Waals surface area contributed by atoms with Crippen molar-refractivity contribution < 1.29 is 22.6 Å². The van der Waals surface area contributed by atoms with Crippen LogP contribution in [0.5, 0.6) is 11.5 Å². The van der Waals surface area contributed by atoms with Gasteiger partial charge in [0.05, 0.1) is 12.6 Å². The van der Waals surface area contributed by atoms with Crippen molar-refractivity contribution in [2.75, 3.05) is 12.4 Å². The van der Waals surface area contributed by atoms with E-state index in [1.165, 1.54) is 31.5 Å². The number of anilines is 2. The highest BCUT2D eigenvalue weighted by Crippen LogP contribution is 2.31. The maximum absolute atomic E-state index is 12.6. The molecule has 0 fully saturated rings. The Hall–Kier alpha value is -3.88. The molecule has 0 saturated heterocycles. The molecule has 1 heterocycles. The normalized spacial score (nSPS) is 12.2. The zero-order chi connectivity index (χ0) is 22.4. The smallest absolute Gasteiger partial charge is 0.497 e. The first-order valence-electron chi connectivity index (χ1n) is 9.10. The zero-order valence-electron chi connectivity index (χ0n) is 16.8. The van der Waals surface area contributed by atoms with E-state index >= 15 is 0 Å². The molecule has 1 aromatic heterocycles. The van der Waals surface area contributed by atoms with E-state index in [2.05, 4.69) is 31.7 Å². The molecule has 3 rings (SSSR count). The zero-order valence-corrected chi connectivity index (χ0v) is 16.8. The summed E-state index contributed by atoms with van der Waals surface area (Å²) >= 11 is 0. The lowest BCUT2D eigenvalue weighted by molar-refractivity contribution is -0.274. The average Bonchev–Trinajstić information content (AvgIpc) is 2.73. The van der Waals surface area contributed by atoms with Crippen LogP contribution in [0.2, 0.25) is 0 Å². The van der Waals surface area contributed by atoms with Crippen LogP contribution >= 0.6 is 0 Å². The number of ether oxygens (including phenoxy) is 2. The minimum absolute atomic E-state index is 0.345. The number of fused-ring (bicyclic) bond motifs is 1. The number of halogens is 3. The van der Waals surface area contributed by atoms with E-state index in [-0.39, 0.29) is 5.75 Å². The summed E-state index contributed by atoms with van der Waals surface area (Å²) in [7, 11) is 1.53. The number of methoxy groups -OCH3 is 1. The number of alkyl halides is 3. The molecule has 9 heteroatoms. The highest BCUT2D eigenvalue weighted by molar-refractivity contribution is 5.93. The fraction of sp³-hybridized carbons (Fsp3) is 0.136. The molecule has 0 amide bonds. The summed E-state index contributed by atoms with van der Waals surface area (Å²) in [5.41, 5.74) is 1.68. The van der Waals surface area contributed by atoms with Crippen LogP contribution < -0.4 is 14.8 Å². The van der Waals surface area contributed by atoms with Crippen molar-refractivity contribution in [2.24, 2.45) is 4.99 Å². The molecule has 0 radical (unpaired) electrons. The van der Waals surface area contributed by atoms with Gasteiger partial charge in [-0.05, 0) is 50.0 Å². The van der Waals surface area contributed by atoms with Gasteiger partial charge in [0.25, 0.3) is 0 Å². The molecule has 0 saturated carbocycles. The molecule has 2 aromatic carbocycles. The molecule has 0 aliphatic rings. The van der Waals surface area contributed by atoms with Crippen LogP contribution in [0.3, 0.4) is 0 Å². The Bertz CT molecular complexity index is 1160. The average molecular weight is 428 g/mol. The van der Waals surface area contributed by atoms with E-state index < -0.39 is 6.36 Å². The van der Waals surface area contributed by atoms with Gasteiger partial charge < -0.3 is 14.8 Å². The SMILES string of the molecule is C=N/C=C\C(=C/C)c1nc(Nc2cccc(OC(F)(F)F)c2)c2cc(OC)ccc2n1. The topological polar surface area (TPSA) is 68.6 Å². The lowest BCUT2D eigenvalue weighted by Crippen LogP contribution is -2.17. The van der Waals surface area contributed by atoms with Gasteiger partial charge in [0, 0.05) is 28.9 Å². The molecule has 31 heavy (non-hydrogen) atoms. The van der Waals surface area contributed by atoms with E-state index in [1.807, 2.05) is 13.0 Å². The van der Waals surface area contributed by atoms with Crippen molar-refractivity contribution in [3.05, 3.63) is 66.6 Å². The van der Waals surface area contributed by atoms with Crippen LogP contribution in [-0.4, -0.2) is 30.2 Å². The van der Waals surface area contributed by atoms with Crippen LogP contribution in [0.4, 0.5) is 24.7 Å². The summed E-state index contributed by atoms with van der Waals surface area (Å²) in [6.45, 7) is 5.24. The second kappa shape index (κ2) is 9.29. The molecule has 0 spiro atoms. The van der Waals surface area contributed by atoms with Gasteiger partial charge >= 0.3 is 6.36 Å². The van der Waals surface area contributed by atoms with Crippen LogP contribution in [0.25, 0.3) is 16.5 Å². The summed E-state index contributed by atoms with van der Waals surface area (Å²) in [5.74, 6) is 1.04. The predicted octanol–water partition coefficient (Wildman–Crippen LogP) is 5.90. The van der Waals surface area contributed by atoms with Gasteiger partial charge in [-0.15, -0.1) is 13.2 Å². The number of allylic oxidation sites excluding steroid dienone is 3. The molecule has 6 nitrogen and oxygen atoms in total. The first kappa shape index (κ1) is 21.8. The number of aromatic nitrogens is 2. The number of nitrogens with zero attached hydrogens (tertiary/aromatic N) is 3. The third kappa shape index (κ3) is 5.59. The Balaban J connectivity index is 2.10. The Morgan fingerprint density at radius 1 is 1.13 bits per heavy atom. The minimum Gasteiger partial charge on any atom is -0.497 e. The largest absolute Gasteiger partial charge is 0.573 e. The van der Waals surface area contributed by atoms with Crippen molar-refractivity contribution in [1.29, 1.82) is 0 Å². The summed E-state index contributed by atoms with van der Waals surface area (Å²) < 4.78 is 47.0. The fourth-order valence-electron chi connectivity index (χ4n) is 2.80. The van der Waals surface area contributed by atoms with Gasteiger partial charge in [0.1, 0.15) is 17.3 Å². The van der Waals surface area contributed by atoms with Gasteiger partial charge in [-0.2, -0.15) is 0 Å². The van der Waals surface area contributed by atoms with E-state index in [9.17, 15) is 13.2 Å². The van der Waals surface area contributed by atoms with Crippen LogP contribution in [-0.2, 0) is 0 Å². The number of aliphatic imine (C=N–C) groups is 1. The summed E-state index contributed by atoms with van der Waals surface area (Å²) in [5, 5.41) is 3.69. The summed E-state index contributed by atoms with van der Waals surface area (Å²) in [6.07, 6.45) is 0.252. The number of hydrogen-bond donors (Lipinski definition) is 1. The van der Waals surface area contributed by atoms with E-state index in [0.717, 1.165) is 0 Å². The van der Waals surface area contributed by atoms with Gasteiger partial charge in [0.2, 0.25) is 0 Å². The number of benzene rings is 2. The van der Waals surface area contributed by atoms with E-state index in [0.29, 0.717) is 39.6 Å². The molecular weight excluding hydrogens is 409 g/mol. The molecular formula is C22H19F3N4O2. The second-order valence-electron chi connectivity index (χ2n) is 6.22. The molecule has 0 aliphatic heterocycles. The van der Waals surface area contributed by atoms with Gasteiger partial charge in [-0.25, -0.2) is 9.97 Å². The Labute approximate surface area is 176 Å². The predicted molar refractivity (Wildman–Crippen MR) is 115 cm³/mol. The summed E-state index contributed by atoms with van der Waals surface area (Å²) in [6, 6.07) is 10.8. The highest BCUT2D eigenvalue weighted by atomic mass is 19.4. The van der Waals surface area contributed by atoms with E-state index in [1.54, 1.807) is 30.3 Å². The quantitative estimate of drug-likeness (QED) is 0.375. The molecule has 0 unspecified atom stereocenters. The molecule has 0 atom stereocenters. The molecule has 3 aromatic rings. The third-order valence-electron chi connectivity index (χ3n) is 4.16. The van der Waals surface area contributed by atoms with Crippen LogP contribution in [0.15, 0.2) is 65.8 Å². The first-order valence-corrected chi connectivity index (χ1v) is 9.10. The third-order valence-corrected chi connectivity index (χ3v) is 4.16. The number of nitrogens with one attached hydrogen (secondary N) is 1. The fourth-order valence-corrected chi connectivity index (χ4v) is 2.80. The highest BCUT2D eigenvalue weighted by Gasteiger charge is 2.31. The standard InChI is InChI=1S/C22H19F3N4O2/c1-4-14(10-11-26-2)20-28-19-9-8-16(30-3)13-18(19)21(29-20)27-15-6-5-7-17(12-15)31-22(23,24)25/h4-13H,2H2,1,3H3,(H,27,28,29)/b11-10-,14-4+. The Morgan fingerprint density at radius 3 is 2.61 bits per heavy atom. The van der Waals surface area contributed by atoms with Crippen molar-refractivity contribution in [3.8, 4) is 11.5 Å². The second-order valence-corrected chi connectivity index (χ2v) is 6.22. The van der Waals surface area contributed by atoms with Gasteiger partial charge in [-0.3, -0.25) is 4.99 Å². The molecule has 0 bridgehead atoms. The number of rotatable bonds is 7. The molecule has 0 aliphatic carbocycles. The van der Waals surface area contributed by atoms with Crippen LogP contribution in [0, 0.1) is 0 Å². The molecule has 160 valence electrons. The maximum Gasteiger partial charge on any atom is 0.573 e. The molecule has 1 N–H and O–H groups in total. The monoisotopic (exact) mass is 428 g/mol. The van der Waals surface area contributed by atoms with E-state index in [4.69, 9.17) is 4.74 Å². The first-order chi connectivity index (χ1) is 14.8. The minimum atomic E-state index is -4.78. The number of hydrogen-bond acceptors (Lipinski definition) is 6. The van der Waals surface area contributed by atoms with Crippen LogP contribution in [0.1, 0.15) is 12.7 Å². The van der Waals surface area contributed by atoms with Crippen molar-refractivity contribution in [3.63, 3.8) is 0 Å².